The predicted molar refractivity (Wildman–Crippen MR) is 238 cm³/mol. The fourth-order valence-corrected chi connectivity index (χ4v) is 15.6. The Morgan fingerprint density at radius 1 is 0.474 bits per heavy atom. The topological polar surface area (TPSA) is 3.24 Å². The zero-order chi connectivity index (χ0) is 39.1. The molecule has 4 fully saturated rings. The first-order valence-electron chi connectivity index (χ1n) is 22.6. The van der Waals surface area contributed by atoms with Crippen molar-refractivity contribution in [3.8, 4) is 22.3 Å². The summed E-state index contributed by atoms with van der Waals surface area (Å²) in [6, 6.07) is 41.3. The van der Waals surface area contributed by atoms with Gasteiger partial charge in [0.05, 0.1) is 11.4 Å². The number of rotatable bonds is 4. The average Bonchev–Trinajstić information content (AvgIpc) is 3.83. The molecule has 7 aliphatic carbocycles. The molecule has 5 aromatic rings. The fraction of sp³-hybridized carbons (Fsp3) is 0.464. The second-order valence-corrected chi connectivity index (χ2v) is 22.7. The van der Waals surface area contributed by atoms with Gasteiger partial charge in [-0.1, -0.05) is 134 Å². The lowest BCUT2D eigenvalue weighted by Gasteiger charge is -2.76. The Morgan fingerprint density at radius 2 is 1.02 bits per heavy atom. The maximum atomic E-state index is 2.78. The van der Waals surface area contributed by atoms with E-state index >= 15 is 0 Å². The minimum absolute atomic E-state index is 0.0434. The van der Waals surface area contributed by atoms with Crippen molar-refractivity contribution in [2.24, 2.45) is 29.1 Å². The van der Waals surface area contributed by atoms with E-state index in [0.29, 0.717) is 5.41 Å². The summed E-state index contributed by atoms with van der Waals surface area (Å²) >= 11 is 0. The minimum atomic E-state index is 0.0434. The van der Waals surface area contributed by atoms with E-state index in [4.69, 9.17) is 0 Å². The largest absolute Gasteiger partial charge is 0.310 e. The highest BCUT2D eigenvalue weighted by molar-refractivity contribution is 5.96. The highest BCUT2D eigenvalue weighted by atomic mass is 15.2. The minimum Gasteiger partial charge on any atom is -0.310 e. The van der Waals surface area contributed by atoms with Crippen LogP contribution in [0.25, 0.3) is 22.3 Å². The molecule has 0 aliphatic heterocycles. The van der Waals surface area contributed by atoms with Gasteiger partial charge in [-0.05, 0) is 182 Å². The van der Waals surface area contributed by atoms with E-state index < -0.39 is 0 Å². The summed E-state index contributed by atoms with van der Waals surface area (Å²) in [7, 11) is 0. The van der Waals surface area contributed by atoms with Crippen molar-refractivity contribution in [3.05, 3.63) is 137 Å². The first kappa shape index (κ1) is 34.9. The smallest absolute Gasteiger partial charge is 0.0502 e. The van der Waals surface area contributed by atoms with Gasteiger partial charge in [-0.3, -0.25) is 0 Å². The molecule has 6 atom stereocenters. The molecule has 6 unspecified atom stereocenters. The summed E-state index contributed by atoms with van der Waals surface area (Å²) in [6.45, 7) is 20.0. The highest BCUT2D eigenvalue weighted by Gasteiger charge is 2.84. The van der Waals surface area contributed by atoms with Crippen molar-refractivity contribution in [2.45, 2.75) is 134 Å². The molecule has 290 valence electrons. The van der Waals surface area contributed by atoms with Crippen LogP contribution in [0.5, 0.6) is 0 Å². The van der Waals surface area contributed by atoms with Crippen LogP contribution in [0.15, 0.2) is 103 Å². The SMILES string of the molecule is CC1(C)CCC(C)(C)c2c(N(c3cc(-c4ccccc4)c4c(c3)-c3ccccc3C43C4CC5CC6CC3C64C5)c3cccc4c3C(C)(C)CCC4(C)C)cccc21. The number of fused-ring (bicyclic) bond motifs is 10. The van der Waals surface area contributed by atoms with Crippen LogP contribution < -0.4 is 4.90 Å². The maximum absolute atomic E-state index is 2.78. The van der Waals surface area contributed by atoms with E-state index in [1.807, 2.05) is 0 Å². The second kappa shape index (κ2) is 10.9. The molecule has 12 rings (SSSR count). The number of nitrogens with zero attached hydrogens (tertiary/aromatic N) is 1. The van der Waals surface area contributed by atoms with Crippen molar-refractivity contribution >= 4 is 17.1 Å². The van der Waals surface area contributed by atoms with Gasteiger partial charge in [-0.15, -0.1) is 0 Å². The normalized spacial score (nSPS) is 31.6. The van der Waals surface area contributed by atoms with Crippen LogP contribution in [0, 0.1) is 29.1 Å². The van der Waals surface area contributed by atoms with Crippen LogP contribution in [-0.4, -0.2) is 0 Å². The van der Waals surface area contributed by atoms with Crippen LogP contribution in [0.2, 0.25) is 0 Å². The lowest BCUT2D eigenvalue weighted by Crippen LogP contribution is -2.73. The van der Waals surface area contributed by atoms with Crippen LogP contribution in [0.1, 0.15) is 140 Å². The molecule has 4 saturated carbocycles. The lowest BCUT2D eigenvalue weighted by molar-refractivity contribution is -0.231. The van der Waals surface area contributed by atoms with Gasteiger partial charge in [0.2, 0.25) is 0 Å². The molecule has 2 bridgehead atoms. The summed E-state index contributed by atoms with van der Waals surface area (Å²) in [4.78, 5) is 2.78. The average molecular weight is 748 g/mol. The molecule has 2 spiro atoms. The van der Waals surface area contributed by atoms with Gasteiger partial charge in [0, 0.05) is 11.1 Å². The standard InChI is InChI=1S/C56H61N/c1-51(2)24-26-53(5,6)49-42(51)20-14-22-44(49)57(45-23-15-21-43-50(45)54(7,8)27-25-52(43,3)4)37-31-39(35-16-10-9-11-17-35)48-40(32-37)38-18-12-13-19-41(38)56(48)46-29-34-28-36-30-47(56)55(36,46)33-34/h9-23,31-32,34,36,46-47H,24-30,33H2,1-8H3. The third-order valence-corrected chi connectivity index (χ3v) is 18.2. The van der Waals surface area contributed by atoms with E-state index in [1.165, 1.54) is 113 Å². The summed E-state index contributed by atoms with van der Waals surface area (Å²) in [5.41, 5.74) is 20.4. The zero-order valence-corrected chi connectivity index (χ0v) is 35.7. The van der Waals surface area contributed by atoms with Crippen molar-refractivity contribution in [1.29, 1.82) is 0 Å². The summed E-state index contributed by atoms with van der Waals surface area (Å²) in [6.07, 6.45) is 10.6. The van der Waals surface area contributed by atoms with Crippen LogP contribution in [0.3, 0.4) is 0 Å². The van der Waals surface area contributed by atoms with Gasteiger partial charge in [0.1, 0.15) is 0 Å². The summed E-state index contributed by atoms with van der Waals surface area (Å²) in [5.74, 6) is 3.45. The Morgan fingerprint density at radius 3 is 1.65 bits per heavy atom. The van der Waals surface area contributed by atoms with Crippen LogP contribution in [-0.2, 0) is 27.1 Å². The van der Waals surface area contributed by atoms with Gasteiger partial charge >= 0.3 is 0 Å². The van der Waals surface area contributed by atoms with Crippen LogP contribution >= 0.6 is 0 Å². The molecule has 0 heterocycles. The molecule has 0 N–H and O–H groups in total. The Balaban J connectivity index is 1.19. The number of benzene rings is 5. The molecule has 0 amide bonds. The maximum Gasteiger partial charge on any atom is 0.0502 e. The molecule has 5 aromatic carbocycles. The highest BCUT2D eigenvalue weighted by Crippen LogP contribution is 2.90. The van der Waals surface area contributed by atoms with Gasteiger partial charge in [0.25, 0.3) is 0 Å². The monoisotopic (exact) mass is 747 g/mol. The van der Waals surface area contributed by atoms with Crippen molar-refractivity contribution < 1.29 is 0 Å². The molecule has 0 saturated heterocycles. The van der Waals surface area contributed by atoms with E-state index in [-0.39, 0.29) is 27.1 Å². The Labute approximate surface area is 342 Å². The molecule has 7 aliphatic rings. The quantitative estimate of drug-likeness (QED) is 0.177. The van der Waals surface area contributed by atoms with Gasteiger partial charge < -0.3 is 4.90 Å². The van der Waals surface area contributed by atoms with Gasteiger partial charge in [0.15, 0.2) is 0 Å². The zero-order valence-electron chi connectivity index (χ0n) is 35.7. The molecule has 1 nitrogen and oxygen atoms in total. The third-order valence-electron chi connectivity index (χ3n) is 18.2. The molecule has 0 aromatic heterocycles. The van der Waals surface area contributed by atoms with Gasteiger partial charge in [-0.25, -0.2) is 0 Å². The lowest BCUT2D eigenvalue weighted by atomic mass is 9.26. The fourth-order valence-electron chi connectivity index (χ4n) is 15.6. The first-order chi connectivity index (χ1) is 27.2. The third kappa shape index (κ3) is 4.18. The second-order valence-electron chi connectivity index (χ2n) is 22.7. The van der Waals surface area contributed by atoms with Crippen LogP contribution in [0.4, 0.5) is 17.1 Å². The number of hydrogen-bond acceptors (Lipinski definition) is 1. The number of hydrogen-bond donors (Lipinski definition) is 0. The molecular formula is C56H61N. The predicted octanol–water partition coefficient (Wildman–Crippen LogP) is 14.9. The van der Waals surface area contributed by atoms with E-state index in [9.17, 15) is 0 Å². The van der Waals surface area contributed by atoms with Crippen molar-refractivity contribution in [1.82, 2.24) is 0 Å². The Kier molecular flexibility index (Phi) is 6.69. The molecule has 0 radical (unpaired) electrons. The van der Waals surface area contributed by atoms with E-state index in [0.717, 1.165) is 23.7 Å². The van der Waals surface area contributed by atoms with Crippen molar-refractivity contribution in [3.63, 3.8) is 0 Å². The van der Waals surface area contributed by atoms with E-state index in [2.05, 4.69) is 163 Å². The number of anilines is 3. The molecule has 57 heavy (non-hydrogen) atoms. The molecule has 1 heteroatoms. The first-order valence-corrected chi connectivity index (χ1v) is 22.6. The Hall–Kier alpha value is -4.10. The summed E-state index contributed by atoms with van der Waals surface area (Å²) in [5, 5.41) is 0. The Bertz CT molecular complexity index is 2450. The summed E-state index contributed by atoms with van der Waals surface area (Å²) < 4.78 is 0. The van der Waals surface area contributed by atoms with E-state index in [1.54, 1.807) is 11.1 Å². The molecular weight excluding hydrogens is 687 g/mol. The van der Waals surface area contributed by atoms with Crippen molar-refractivity contribution in [2.75, 3.05) is 4.90 Å². The van der Waals surface area contributed by atoms with Gasteiger partial charge in [-0.2, -0.15) is 0 Å².